The molecule has 1 rings (SSSR count). The van der Waals surface area contributed by atoms with E-state index >= 15 is 0 Å². The summed E-state index contributed by atoms with van der Waals surface area (Å²) in [6.45, 7) is 0.489. The van der Waals surface area contributed by atoms with Gasteiger partial charge in [-0.05, 0) is 30.4 Å². The van der Waals surface area contributed by atoms with Gasteiger partial charge in [0.1, 0.15) is 0 Å². The Kier molecular flexibility index (Phi) is 5.45. The smallest absolute Gasteiger partial charge is 0.161 e. The van der Waals surface area contributed by atoms with Crippen LogP contribution < -0.4 is 15.4 Å². The summed E-state index contributed by atoms with van der Waals surface area (Å²) >= 11 is 1.66. The Labute approximate surface area is 100 Å². The first-order valence-electron chi connectivity index (χ1n) is 4.87. The number of methoxy groups -OCH3 is 2. The van der Waals surface area contributed by atoms with Gasteiger partial charge >= 0.3 is 0 Å². The number of hydrogen-bond donors (Lipinski definition) is 1. The Morgan fingerprint density at radius 2 is 1.81 bits per heavy atom. The summed E-state index contributed by atoms with van der Waals surface area (Å²) in [5.41, 5.74) is 1.15. The molecule has 1 aromatic rings. The molecule has 1 aromatic carbocycles. The molecular weight excluding hydrogens is 226 g/mol. The number of rotatable bonds is 6. The van der Waals surface area contributed by atoms with E-state index < -0.39 is 0 Å². The zero-order valence-electron chi connectivity index (χ0n) is 9.78. The van der Waals surface area contributed by atoms with Crippen molar-refractivity contribution in [2.24, 2.45) is 5.90 Å². The Morgan fingerprint density at radius 1 is 1.19 bits per heavy atom. The Bertz CT molecular complexity index is 344. The molecule has 0 atom stereocenters. The average Bonchev–Trinajstić information content (AvgIpc) is 2.35. The van der Waals surface area contributed by atoms with E-state index in [9.17, 15) is 0 Å². The van der Waals surface area contributed by atoms with Crippen LogP contribution in [-0.4, -0.2) is 27.1 Å². The van der Waals surface area contributed by atoms with Gasteiger partial charge in [0.2, 0.25) is 0 Å². The van der Waals surface area contributed by atoms with E-state index in [2.05, 4.69) is 4.84 Å². The lowest BCUT2D eigenvalue weighted by molar-refractivity contribution is 0.141. The first kappa shape index (κ1) is 13.2. The number of nitrogens with two attached hydrogens (primary N) is 1. The molecule has 0 heterocycles. The fourth-order valence-electron chi connectivity index (χ4n) is 1.46. The molecular formula is C11H17NO3S. The average molecular weight is 243 g/mol. The summed E-state index contributed by atoms with van der Waals surface area (Å²) in [5, 5.41) is 0. The predicted octanol–water partition coefficient (Wildman–Crippen LogP) is 1.86. The molecule has 0 aromatic heterocycles. The zero-order chi connectivity index (χ0) is 12.0. The molecule has 0 amide bonds. The molecule has 2 N–H and O–H groups in total. The maximum absolute atomic E-state index is 5.25. The van der Waals surface area contributed by atoms with Crippen molar-refractivity contribution >= 4 is 11.8 Å². The van der Waals surface area contributed by atoms with Gasteiger partial charge in [-0.15, -0.1) is 11.8 Å². The molecule has 4 nitrogen and oxygen atoms in total. The lowest BCUT2D eigenvalue weighted by Crippen LogP contribution is -2.05. The fourth-order valence-corrected chi connectivity index (χ4v) is 2.10. The molecule has 0 spiro atoms. The first-order chi connectivity index (χ1) is 7.76. The first-order valence-corrected chi connectivity index (χ1v) is 6.09. The second-order valence-electron chi connectivity index (χ2n) is 3.14. The van der Waals surface area contributed by atoms with Crippen LogP contribution in [0.25, 0.3) is 0 Å². The van der Waals surface area contributed by atoms with Crippen LogP contribution in [0.2, 0.25) is 0 Å². The van der Waals surface area contributed by atoms with Gasteiger partial charge in [-0.25, -0.2) is 5.90 Å². The number of ether oxygens (including phenoxy) is 2. The van der Waals surface area contributed by atoms with Crippen molar-refractivity contribution in [1.29, 1.82) is 0 Å². The van der Waals surface area contributed by atoms with Crippen molar-refractivity contribution in [3.63, 3.8) is 0 Å². The SMILES string of the molecule is COc1cc(CCON)c(SC)cc1OC. The van der Waals surface area contributed by atoms with E-state index in [1.165, 1.54) is 0 Å². The van der Waals surface area contributed by atoms with Gasteiger partial charge in [0.15, 0.2) is 11.5 Å². The van der Waals surface area contributed by atoms with Crippen LogP contribution in [0.15, 0.2) is 17.0 Å². The quantitative estimate of drug-likeness (QED) is 0.610. The summed E-state index contributed by atoms with van der Waals surface area (Å²) < 4.78 is 10.5. The second-order valence-corrected chi connectivity index (χ2v) is 3.99. The van der Waals surface area contributed by atoms with Crippen molar-refractivity contribution in [2.45, 2.75) is 11.3 Å². The summed E-state index contributed by atoms with van der Waals surface area (Å²) in [7, 11) is 3.25. The van der Waals surface area contributed by atoms with E-state index in [1.807, 2.05) is 18.4 Å². The lowest BCUT2D eigenvalue weighted by Gasteiger charge is -2.13. The van der Waals surface area contributed by atoms with E-state index in [-0.39, 0.29) is 0 Å². The summed E-state index contributed by atoms with van der Waals surface area (Å²) in [6, 6.07) is 3.93. The molecule has 0 bridgehead atoms. The Hall–Kier alpha value is -0.910. The van der Waals surface area contributed by atoms with Crippen LogP contribution in [-0.2, 0) is 11.3 Å². The molecule has 0 aliphatic heterocycles. The predicted molar refractivity (Wildman–Crippen MR) is 65.2 cm³/mol. The monoisotopic (exact) mass is 243 g/mol. The molecule has 5 heteroatoms. The van der Waals surface area contributed by atoms with Gasteiger partial charge in [-0.3, -0.25) is 0 Å². The third-order valence-electron chi connectivity index (χ3n) is 2.28. The van der Waals surface area contributed by atoms with Crippen LogP contribution >= 0.6 is 11.8 Å². The van der Waals surface area contributed by atoms with Crippen molar-refractivity contribution in [3.8, 4) is 11.5 Å². The van der Waals surface area contributed by atoms with Gasteiger partial charge < -0.3 is 14.3 Å². The Balaban J connectivity index is 3.05. The van der Waals surface area contributed by atoms with Crippen LogP contribution in [0.3, 0.4) is 0 Å². The molecule has 0 saturated carbocycles. The normalized spacial score (nSPS) is 10.2. The standard InChI is InChI=1S/C11H17NO3S/c1-13-9-6-8(4-5-15-12)11(16-3)7-10(9)14-2/h6-7H,4-5,12H2,1-3H3. The molecule has 90 valence electrons. The minimum absolute atomic E-state index is 0.489. The lowest BCUT2D eigenvalue weighted by atomic mass is 10.1. The maximum Gasteiger partial charge on any atom is 0.161 e. The van der Waals surface area contributed by atoms with Gasteiger partial charge in [-0.1, -0.05) is 0 Å². The third-order valence-corrected chi connectivity index (χ3v) is 3.10. The van der Waals surface area contributed by atoms with Crippen LogP contribution in [0, 0.1) is 0 Å². The molecule has 0 unspecified atom stereocenters. The summed E-state index contributed by atoms with van der Waals surface area (Å²) in [4.78, 5) is 5.74. The van der Waals surface area contributed by atoms with Crippen molar-refractivity contribution < 1.29 is 14.3 Å². The van der Waals surface area contributed by atoms with E-state index in [0.29, 0.717) is 6.61 Å². The summed E-state index contributed by atoms with van der Waals surface area (Å²) in [6.07, 6.45) is 2.78. The number of thioether (sulfide) groups is 1. The highest BCUT2D eigenvalue weighted by atomic mass is 32.2. The molecule has 0 fully saturated rings. The van der Waals surface area contributed by atoms with Gasteiger partial charge in [-0.2, -0.15) is 0 Å². The fraction of sp³-hybridized carbons (Fsp3) is 0.455. The minimum atomic E-state index is 0.489. The van der Waals surface area contributed by atoms with E-state index in [4.69, 9.17) is 15.4 Å². The Morgan fingerprint density at radius 3 is 2.31 bits per heavy atom. The maximum atomic E-state index is 5.25. The van der Waals surface area contributed by atoms with E-state index in [1.54, 1.807) is 26.0 Å². The molecule has 0 saturated heterocycles. The third kappa shape index (κ3) is 3.04. The van der Waals surface area contributed by atoms with Crippen molar-refractivity contribution in [2.75, 3.05) is 27.1 Å². The largest absolute Gasteiger partial charge is 0.493 e. The zero-order valence-corrected chi connectivity index (χ0v) is 10.6. The highest BCUT2D eigenvalue weighted by Crippen LogP contribution is 2.34. The highest BCUT2D eigenvalue weighted by Gasteiger charge is 2.10. The van der Waals surface area contributed by atoms with Crippen LogP contribution in [0.5, 0.6) is 11.5 Å². The van der Waals surface area contributed by atoms with Crippen LogP contribution in [0.4, 0.5) is 0 Å². The molecule has 0 aliphatic rings. The summed E-state index contributed by atoms with van der Waals surface area (Å²) in [5.74, 6) is 6.50. The number of hydrogen-bond acceptors (Lipinski definition) is 5. The number of benzene rings is 1. The molecule has 0 radical (unpaired) electrons. The second kappa shape index (κ2) is 6.62. The van der Waals surface area contributed by atoms with Crippen LogP contribution in [0.1, 0.15) is 5.56 Å². The molecule has 0 aliphatic carbocycles. The minimum Gasteiger partial charge on any atom is -0.493 e. The topological polar surface area (TPSA) is 53.7 Å². The van der Waals surface area contributed by atoms with E-state index in [0.717, 1.165) is 28.4 Å². The van der Waals surface area contributed by atoms with Crippen molar-refractivity contribution in [1.82, 2.24) is 0 Å². The highest BCUT2D eigenvalue weighted by molar-refractivity contribution is 7.98. The van der Waals surface area contributed by atoms with Gasteiger partial charge in [0, 0.05) is 4.90 Å². The van der Waals surface area contributed by atoms with Gasteiger partial charge in [0.25, 0.3) is 0 Å². The van der Waals surface area contributed by atoms with Crippen molar-refractivity contribution in [3.05, 3.63) is 17.7 Å². The van der Waals surface area contributed by atoms with Gasteiger partial charge in [0.05, 0.1) is 20.8 Å². The molecule has 16 heavy (non-hydrogen) atoms.